The van der Waals surface area contributed by atoms with Crippen molar-refractivity contribution < 1.29 is 4.39 Å². The Kier molecular flexibility index (Phi) is 1.78. The van der Waals surface area contributed by atoms with Crippen LogP contribution in [0, 0.1) is 5.82 Å². The van der Waals surface area contributed by atoms with Gasteiger partial charge < -0.3 is 4.90 Å². The lowest BCUT2D eigenvalue weighted by Gasteiger charge is -2.12. The molecule has 12 heavy (non-hydrogen) atoms. The van der Waals surface area contributed by atoms with Crippen LogP contribution in [0.1, 0.15) is 0 Å². The summed E-state index contributed by atoms with van der Waals surface area (Å²) in [7, 11) is 0. The van der Waals surface area contributed by atoms with Crippen molar-refractivity contribution in [3.63, 3.8) is 0 Å². The van der Waals surface area contributed by atoms with E-state index in [9.17, 15) is 4.39 Å². The van der Waals surface area contributed by atoms with Gasteiger partial charge in [0.2, 0.25) is 0 Å². The summed E-state index contributed by atoms with van der Waals surface area (Å²) in [6, 6.07) is 6.53. The molecular weight excluding hydrogens is 155 g/mol. The molecule has 0 saturated heterocycles. The van der Waals surface area contributed by atoms with Gasteiger partial charge in [-0.15, -0.1) is 0 Å². The van der Waals surface area contributed by atoms with E-state index in [4.69, 9.17) is 0 Å². The summed E-state index contributed by atoms with van der Waals surface area (Å²) in [5.41, 5.74) is 0.872. The fourth-order valence-corrected chi connectivity index (χ4v) is 1.23. The number of anilines is 1. The van der Waals surface area contributed by atoms with Crippen LogP contribution in [0.3, 0.4) is 0 Å². The molecule has 0 fully saturated rings. The Balaban J connectivity index is 2.27. The maximum Gasteiger partial charge on any atom is 0.125 e. The number of hydrogen-bond acceptors (Lipinski definition) is 2. The quantitative estimate of drug-likeness (QED) is 0.616. The molecule has 0 saturated carbocycles. The third-order valence-electron chi connectivity index (χ3n) is 1.83. The number of nitrogens with zero attached hydrogens (tertiary/aromatic N) is 2. The zero-order valence-electron chi connectivity index (χ0n) is 6.57. The van der Waals surface area contributed by atoms with Crippen molar-refractivity contribution in [3.05, 3.63) is 30.1 Å². The molecule has 2 nitrogen and oxygen atoms in total. The minimum Gasteiger partial charge on any atom is -0.331 e. The monoisotopic (exact) mass is 164 g/mol. The second-order valence-corrected chi connectivity index (χ2v) is 2.69. The van der Waals surface area contributed by atoms with Crippen LogP contribution in [0.2, 0.25) is 0 Å². The molecule has 0 aliphatic carbocycles. The maximum atomic E-state index is 12.7. The molecule has 0 N–H and O–H groups in total. The summed E-state index contributed by atoms with van der Waals surface area (Å²) in [5, 5.41) is 0. The summed E-state index contributed by atoms with van der Waals surface area (Å²) < 4.78 is 12.7. The van der Waals surface area contributed by atoms with Crippen LogP contribution in [-0.2, 0) is 0 Å². The first-order valence-corrected chi connectivity index (χ1v) is 3.88. The smallest absolute Gasteiger partial charge is 0.125 e. The zero-order valence-corrected chi connectivity index (χ0v) is 6.57. The number of hydrogen-bond donors (Lipinski definition) is 0. The van der Waals surface area contributed by atoms with E-state index >= 15 is 0 Å². The van der Waals surface area contributed by atoms with Gasteiger partial charge in [-0.25, -0.2) is 4.39 Å². The molecule has 0 amide bonds. The number of rotatable bonds is 1. The van der Waals surface area contributed by atoms with Crippen LogP contribution in [0.5, 0.6) is 0 Å². The molecular formula is C9H9FN2. The summed E-state index contributed by atoms with van der Waals surface area (Å²) >= 11 is 0. The second kappa shape index (κ2) is 2.93. The van der Waals surface area contributed by atoms with E-state index in [1.165, 1.54) is 12.1 Å². The third kappa shape index (κ3) is 1.30. The molecule has 0 spiro atoms. The van der Waals surface area contributed by atoms with Crippen molar-refractivity contribution in [2.24, 2.45) is 4.99 Å². The first-order chi connectivity index (χ1) is 5.86. The minimum atomic E-state index is -0.201. The van der Waals surface area contributed by atoms with Gasteiger partial charge in [-0.2, -0.15) is 0 Å². The van der Waals surface area contributed by atoms with E-state index in [0.717, 1.165) is 18.8 Å². The molecule has 0 aromatic heterocycles. The van der Waals surface area contributed by atoms with Gasteiger partial charge in [0.25, 0.3) is 0 Å². The normalized spacial score (nSPS) is 15.6. The predicted octanol–water partition coefficient (Wildman–Crippen LogP) is 1.67. The highest BCUT2D eigenvalue weighted by atomic mass is 19.1. The van der Waals surface area contributed by atoms with Crippen LogP contribution in [0.4, 0.5) is 10.1 Å². The zero-order chi connectivity index (χ0) is 8.39. The largest absolute Gasteiger partial charge is 0.331 e. The molecule has 1 aliphatic rings. The fourth-order valence-electron chi connectivity index (χ4n) is 1.23. The van der Waals surface area contributed by atoms with Gasteiger partial charge in [0.05, 0.1) is 12.9 Å². The molecule has 1 heterocycles. The predicted molar refractivity (Wildman–Crippen MR) is 47.1 cm³/mol. The lowest BCUT2D eigenvalue weighted by Crippen LogP contribution is -2.17. The molecule has 1 aromatic rings. The topological polar surface area (TPSA) is 15.6 Å². The highest BCUT2D eigenvalue weighted by Gasteiger charge is 2.07. The van der Waals surface area contributed by atoms with Gasteiger partial charge in [0, 0.05) is 12.2 Å². The van der Waals surface area contributed by atoms with Crippen LogP contribution < -0.4 is 4.90 Å². The first kappa shape index (κ1) is 7.28. The van der Waals surface area contributed by atoms with Crippen LogP contribution in [0.15, 0.2) is 29.3 Å². The molecule has 2 rings (SSSR count). The molecule has 0 bridgehead atoms. The summed E-state index contributed by atoms with van der Waals surface area (Å²) in [6.07, 6.45) is 1.74. The Hall–Kier alpha value is -1.38. The lowest BCUT2D eigenvalue weighted by molar-refractivity contribution is 0.628. The molecule has 62 valence electrons. The van der Waals surface area contributed by atoms with E-state index in [-0.39, 0.29) is 5.82 Å². The average molecular weight is 164 g/mol. The SMILES string of the molecule is Fc1cccc(N2C=NCC2)c1. The van der Waals surface area contributed by atoms with Crippen molar-refractivity contribution in [1.29, 1.82) is 0 Å². The average Bonchev–Trinajstić information content (AvgIpc) is 2.56. The van der Waals surface area contributed by atoms with Crippen LogP contribution in [0.25, 0.3) is 0 Å². The second-order valence-electron chi connectivity index (χ2n) is 2.69. The summed E-state index contributed by atoms with van der Waals surface area (Å²) in [4.78, 5) is 5.98. The van der Waals surface area contributed by atoms with Gasteiger partial charge in [-0.1, -0.05) is 6.07 Å². The Bertz CT molecular complexity index is 309. The highest BCUT2D eigenvalue weighted by Crippen LogP contribution is 2.15. The van der Waals surface area contributed by atoms with Crippen LogP contribution >= 0.6 is 0 Å². The molecule has 1 aliphatic heterocycles. The van der Waals surface area contributed by atoms with E-state index < -0.39 is 0 Å². The maximum absolute atomic E-state index is 12.7. The van der Waals surface area contributed by atoms with Crippen molar-refractivity contribution in [1.82, 2.24) is 0 Å². The van der Waals surface area contributed by atoms with Gasteiger partial charge in [0.1, 0.15) is 5.82 Å². The molecule has 0 atom stereocenters. The van der Waals surface area contributed by atoms with Gasteiger partial charge >= 0.3 is 0 Å². The summed E-state index contributed by atoms with van der Waals surface area (Å²) in [6.45, 7) is 1.65. The Morgan fingerprint density at radius 1 is 1.42 bits per heavy atom. The Labute approximate surface area is 70.3 Å². The van der Waals surface area contributed by atoms with Crippen molar-refractivity contribution in [2.75, 3.05) is 18.0 Å². The third-order valence-corrected chi connectivity index (χ3v) is 1.83. The molecule has 1 aromatic carbocycles. The number of benzene rings is 1. The Morgan fingerprint density at radius 2 is 2.33 bits per heavy atom. The lowest BCUT2D eigenvalue weighted by atomic mass is 10.3. The van der Waals surface area contributed by atoms with E-state index in [2.05, 4.69) is 4.99 Å². The van der Waals surface area contributed by atoms with Gasteiger partial charge in [-0.3, -0.25) is 4.99 Å². The van der Waals surface area contributed by atoms with Gasteiger partial charge in [-0.05, 0) is 18.2 Å². The number of aliphatic imine (C=N–C) groups is 1. The fraction of sp³-hybridized carbons (Fsp3) is 0.222. The van der Waals surface area contributed by atoms with E-state index in [1.807, 2.05) is 11.0 Å². The molecule has 3 heteroatoms. The molecule has 0 radical (unpaired) electrons. The molecule has 0 unspecified atom stereocenters. The standard InChI is InChI=1S/C9H9FN2/c10-8-2-1-3-9(6-8)12-5-4-11-7-12/h1-3,6-7H,4-5H2. The van der Waals surface area contributed by atoms with Crippen molar-refractivity contribution in [3.8, 4) is 0 Å². The van der Waals surface area contributed by atoms with Gasteiger partial charge in [0.15, 0.2) is 0 Å². The Morgan fingerprint density at radius 3 is 3.00 bits per heavy atom. The van der Waals surface area contributed by atoms with Crippen molar-refractivity contribution >= 4 is 12.0 Å². The first-order valence-electron chi connectivity index (χ1n) is 3.88. The van der Waals surface area contributed by atoms with Crippen molar-refractivity contribution in [2.45, 2.75) is 0 Å². The minimum absolute atomic E-state index is 0.201. The highest BCUT2D eigenvalue weighted by molar-refractivity contribution is 5.80. The summed E-state index contributed by atoms with van der Waals surface area (Å²) in [5.74, 6) is -0.201. The van der Waals surface area contributed by atoms with E-state index in [1.54, 1.807) is 12.4 Å². The number of halogens is 1. The van der Waals surface area contributed by atoms with E-state index in [0.29, 0.717) is 0 Å². The van der Waals surface area contributed by atoms with Crippen LogP contribution in [-0.4, -0.2) is 19.4 Å².